The van der Waals surface area contributed by atoms with E-state index in [1.54, 1.807) is 0 Å². The first-order valence-corrected chi connectivity index (χ1v) is 9.08. The Balaban J connectivity index is -0.000000231. The summed E-state index contributed by atoms with van der Waals surface area (Å²) in [7, 11) is 0. The summed E-state index contributed by atoms with van der Waals surface area (Å²) in [5.74, 6) is -8.26. The third kappa shape index (κ3) is 17.0. The molecule has 0 amide bonds. The second-order valence-corrected chi connectivity index (χ2v) is 6.00. The van der Waals surface area contributed by atoms with Gasteiger partial charge in [0.1, 0.15) is 17.1 Å². The second-order valence-electron chi connectivity index (χ2n) is 6.00. The Labute approximate surface area is 331 Å². The molecular weight excluding hydrogens is 707 g/mol. The molecule has 193 valence electrons. The van der Waals surface area contributed by atoms with Gasteiger partial charge in [-0.1, -0.05) is 18.2 Å². The molecule has 1 radical (unpaired) electrons. The number of aromatic nitrogens is 3. The molecule has 40 heavy (non-hydrogen) atoms. The molecule has 0 fully saturated rings. The van der Waals surface area contributed by atoms with Gasteiger partial charge in [0, 0.05) is 49.4 Å². The molecule has 0 bridgehead atoms. The molecule has 3 rings (SSSR count). The van der Waals surface area contributed by atoms with Crippen molar-refractivity contribution in [3.8, 4) is 0 Å². The Morgan fingerprint density at radius 1 is 0.450 bits per heavy atom. The fraction of sp³-hybridized carbons (Fsp3) is 0. The van der Waals surface area contributed by atoms with Crippen LogP contribution in [-0.4, -0.2) is 66.1 Å². The van der Waals surface area contributed by atoms with Crippen molar-refractivity contribution < 1.29 is 197 Å². The van der Waals surface area contributed by atoms with Crippen molar-refractivity contribution in [2.75, 3.05) is 0 Å². The van der Waals surface area contributed by atoms with E-state index in [1.165, 1.54) is 54.6 Å². The summed E-state index contributed by atoms with van der Waals surface area (Å²) < 4.78 is 0. The van der Waals surface area contributed by atoms with Crippen LogP contribution in [0.1, 0.15) is 62.9 Å². The molecule has 0 aliphatic heterocycles. The number of rotatable bonds is 6. The van der Waals surface area contributed by atoms with Crippen molar-refractivity contribution in [1.82, 2.24) is 15.0 Å². The number of carbonyl (C=O) groups is 6. The van der Waals surface area contributed by atoms with Crippen LogP contribution < -0.4 is 104 Å². The van der Waals surface area contributed by atoms with Crippen molar-refractivity contribution >= 4 is 35.8 Å². The molecule has 0 aromatic carbocycles. The topological polar surface area (TPSA) is 271 Å². The van der Waals surface area contributed by atoms with Crippen LogP contribution in [0.2, 0.25) is 0 Å². The zero-order valence-corrected chi connectivity index (χ0v) is 29.4. The van der Waals surface area contributed by atoms with Gasteiger partial charge in [0.2, 0.25) is 0 Å². The molecule has 0 aliphatic rings. The summed E-state index contributed by atoms with van der Waals surface area (Å²) in [4.78, 5) is 71.5. The molecule has 15 nitrogen and oxygen atoms in total. The molecular formula is C21H12EuN3Na3O12. The number of pyridine rings is 3. The molecule has 0 aliphatic carbocycles. The van der Waals surface area contributed by atoms with E-state index in [-0.39, 0.29) is 172 Å². The standard InChI is InChI=1S/3C7H5NO4.Eu.3Na/c3*9-6(10)4-2-1-3-5(8-4)7(11)12;;;;/h3*1-3H,(H,9,10)(H,11,12);;;;/q;;;;3*+1/p-3. The number of carbonyl (C=O) groups excluding carboxylic acids is 3. The average Bonchev–Trinajstić information content (AvgIpc) is 2.85. The molecule has 19 heteroatoms. The van der Waals surface area contributed by atoms with E-state index in [4.69, 9.17) is 15.3 Å². The van der Waals surface area contributed by atoms with Crippen LogP contribution in [0, 0.1) is 49.4 Å². The maximum absolute atomic E-state index is 10.3. The van der Waals surface area contributed by atoms with Crippen molar-refractivity contribution in [2.45, 2.75) is 0 Å². The minimum Gasteiger partial charge on any atom is -0.543 e. The Hall–Kier alpha value is -1.15. The van der Waals surface area contributed by atoms with Gasteiger partial charge in [0.15, 0.2) is 0 Å². The summed E-state index contributed by atoms with van der Waals surface area (Å²) in [5.41, 5.74) is -2.06. The summed E-state index contributed by atoms with van der Waals surface area (Å²) in [6.07, 6.45) is 0. The van der Waals surface area contributed by atoms with Gasteiger partial charge in [-0.2, -0.15) is 0 Å². The van der Waals surface area contributed by atoms with Gasteiger partial charge in [-0.15, -0.1) is 0 Å². The molecule has 3 N–H and O–H groups in total. The summed E-state index contributed by atoms with van der Waals surface area (Å²) in [6.45, 7) is 0. The number of hydrogen-bond donors (Lipinski definition) is 3. The largest absolute Gasteiger partial charge is 1.00 e. The molecule has 0 atom stereocenters. The number of carboxylic acids is 6. The van der Waals surface area contributed by atoms with Crippen LogP contribution in [0.3, 0.4) is 0 Å². The molecule has 3 heterocycles. The monoisotopic (exact) mass is 720 g/mol. The molecule has 0 spiro atoms. The van der Waals surface area contributed by atoms with E-state index < -0.39 is 35.8 Å². The van der Waals surface area contributed by atoms with E-state index in [2.05, 4.69) is 15.0 Å². The van der Waals surface area contributed by atoms with Gasteiger partial charge in [-0.05, 0) is 36.4 Å². The van der Waals surface area contributed by atoms with E-state index in [0.717, 1.165) is 0 Å². The second kappa shape index (κ2) is 23.4. The molecule has 0 unspecified atom stereocenters. The maximum Gasteiger partial charge on any atom is 1.00 e. The van der Waals surface area contributed by atoms with E-state index in [9.17, 15) is 44.1 Å². The quantitative estimate of drug-likeness (QED) is 0.200. The van der Waals surface area contributed by atoms with Gasteiger partial charge in [0.25, 0.3) is 0 Å². The third-order valence-corrected chi connectivity index (χ3v) is 3.53. The van der Waals surface area contributed by atoms with Gasteiger partial charge < -0.3 is 45.0 Å². The Bertz CT molecular complexity index is 1100. The zero-order chi connectivity index (χ0) is 27.4. The summed E-state index contributed by atoms with van der Waals surface area (Å²) in [6, 6.07) is 11.0. The van der Waals surface area contributed by atoms with Gasteiger partial charge in [-0.3, -0.25) is 0 Å². The predicted octanol–water partition coefficient (Wildman–Crippen LogP) is -11.6. The van der Waals surface area contributed by atoms with Crippen molar-refractivity contribution in [3.63, 3.8) is 0 Å². The van der Waals surface area contributed by atoms with Crippen LogP contribution in [0.15, 0.2) is 54.6 Å². The molecule has 0 saturated heterocycles. The van der Waals surface area contributed by atoms with Crippen molar-refractivity contribution in [2.24, 2.45) is 0 Å². The predicted molar refractivity (Wildman–Crippen MR) is 107 cm³/mol. The zero-order valence-electron chi connectivity index (χ0n) is 20.9. The SMILES string of the molecule is O=C([O-])c1cccc(C(=O)O)n1.O=C([O-])c1cccc(C(=O)O)n1.O=C([O-])c1cccc(C(=O)O)n1.[Eu].[Na+].[Na+].[Na+]. The van der Waals surface area contributed by atoms with Crippen LogP contribution >= 0.6 is 0 Å². The maximum atomic E-state index is 10.3. The fourth-order valence-corrected chi connectivity index (χ4v) is 2.00. The summed E-state index contributed by atoms with van der Waals surface area (Å²) >= 11 is 0. The van der Waals surface area contributed by atoms with Gasteiger partial charge >= 0.3 is 107 Å². The Morgan fingerprint density at radius 2 is 0.625 bits per heavy atom. The Kier molecular flexibility index (Phi) is 26.8. The first-order chi connectivity index (χ1) is 16.8. The third-order valence-electron chi connectivity index (χ3n) is 3.53. The van der Waals surface area contributed by atoms with Crippen LogP contribution in [0.5, 0.6) is 0 Å². The van der Waals surface area contributed by atoms with Crippen LogP contribution in [0.4, 0.5) is 0 Å². The normalized spacial score (nSPS) is 8.40. The number of nitrogens with zero attached hydrogens (tertiary/aromatic N) is 3. The van der Waals surface area contributed by atoms with Gasteiger partial charge in [0.05, 0.1) is 35.0 Å². The first-order valence-electron chi connectivity index (χ1n) is 9.08. The van der Waals surface area contributed by atoms with Crippen LogP contribution in [0.25, 0.3) is 0 Å². The number of aromatic carboxylic acids is 6. The minimum atomic E-state index is -1.49. The molecule has 0 saturated carbocycles. The number of carboxylic acid groups (broad SMARTS) is 6. The Morgan fingerprint density at radius 3 is 0.775 bits per heavy atom. The van der Waals surface area contributed by atoms with Crippen LogP contribution in [-0.2, 0) is 0 Å². The molecule has 3 aromatic rings. The van der Waals surface area contributed by atoms with E-state index in [1.807, 2.05) is 0 Å². The smallest absolute Gasteiger partial charge is 0.543 e. The molecule has 3 aromatic heterocycles. The first kappa shape index (κ1) is 45.8. The van der Waals surface area contributed by atoms with E-state index in [0.29, 0.717) is 0 Å². The minimum absolute atomic E-state index is 0. The average molecular weight is 719 g/mol. The number of hydrogen-bond acceptors (Lipinski definition) is 12. The van der Waals surface area contributed by atoms with E-state index >= 15 is 0 Å². The fourth-order valence-electron chi connectivity index (χ4n) is 2.00. The summed E-state index contributed by atoms with van der Waals surface area (Å²) in [5, 5.41) is 55.9. The van der Waals surface area contributed by atoms with Gasteiger partial charge in [-0.25, -0.2) is 29.3 Å². The van der Waals surface area contributed by atoms with Crippen molar-refractivity contribution in [3.05, 3.63) is 88.8 Å². The van der Waals surface area contributed by atoms with Crippen molar-refractivity contribution in [1.29, 1.82) is 0 Å².